The Morgan fingerprint density at radius 2 is 2.08 bits per heavy atom. The topological polar surface area (TPSA) is 79.3 Å². The Kier molecular flexibility index (Phi) is 5.19. The van der Waals surface area contributed by atoms with Gasteiger partial charge in [0.2, 0.25) is 0 Å². The van der Waals surface area contributed by atoms with Crippen LogP contribution in [0.5, 0.6) is 0 Å². The third-order valence-corrected chi connectivity index (χ3v) is 5.83. The fourth-order valence-corrected chi connectivity index (χ4v) is 3.95. The molecule has 0 aromatic heterocycles. The molecule has 138 valence electrons. The summed E-state index contributed by atoms with van der Waals surface area (Å²) in [6, 6.07) is 0. The van der Waals surface area contributed by atoms with Crippen LogP contribution in [0.15, 0.2) is 35.5 Å². The van der Waals surface area contributed by atoms with Crippen LogP contribution >= 0.6 is 0 Å². The van der Waals surface area contributed by atoms with Crippen molar-refractivity contribution in [3.05, 3.63) is 35.5 Å². The molecule has 3 aliphatic rings. The van der Waals surface area contributed by atoms with E-state index in [0.29, 0.717) is 12.0 Å². The average Bonchev–Trinajstić information content (AvgIpc) is 3.20. The van der Waals surface area contributed by atoms with Gasteiger partial charge < -0.3 is 19.7 Å². The van der Waals surface area contributed by atoms with E-state index in [4.69, 9.17) is 9.47 Å². The van der Waals surface area contributed by atoms with Crippen molar-refractivity contribution in [1.82, 2.24) is 0 Å². The largest absolute Gasteiger partial charge is 0.455 e. The highest BCUT2D eigenvalue weighted by atomic mass is 16.6. The molecule has 0 amide bonds. The Hall–Kier alpha value is -1.43. The van der Waals surface area contributed by atoms with E-state index in [1.807, 2.05) is 13.0 Å². The predicted octanol–water partition coefficient (Wildman–Crippen LogP) is 2.43. The zero-order valence-corrected chi connectivity index (χ0v) is 15.0. The maximum Gasteiger partial charge on any atom is 0.334 e. The Morgan fingerprint density at radius 1 is 1.32 bits per heavy atom. The van der Waals surface area contributed by atoms with E-state index < -0.39 is 23.8 Å². The van der Waals surface area contributed by atoms with Crippen LogP contribution in [0.3, 0.4) is 0 Å². The molecule has 5 atom stereocenters. The first-order valence-corrected chi connectivity index (χ1v) is 9.07. The maximum absolute atomic E-state index is 12.0. The van der Waals surface area contributed by atoms with Crippen molar-refractivity contribution in [3.8, 4) is 0 Å². The van der Waals surface area contributed by atoms with Crippen LogP contribution in [0.25, 0.3) is 0 Å². The van der Waals surface area contributed by atoms with Gasteiger partial charge in [-0.25, -0.2) is 4.79 Å². The highest BCUT2D eigenvalue weighted by Gasteiger charge is 2.58. The van der Waals surface area contributed by atoms with E-state index in [1.165, 1.54) is 5.57 Å². The molecule has 0 aromatic carbocycles. The number of ether oxygens (including phenoxy) is 2. The zero-order chi connectivity index (χ0) is 18.2. The molecule has 2 N–H and O–H groups in total. The van der Waals surface area contributed by atoms with E-state index >= 15 is 0 Å². The molecule has 25 heavy (non-hydrogen) atoms. The van der Waals surface area contributed by atoms with Crippen molar-refractivity contribution in [2.45, 2.75) is 69.9 Å². The number of aliphatic hydroxyl groups excluding tert-OH is 2. The van der Waals surface area contributed by atoms with Crippen LogP contribution in [-0.4, -0.2) is 46.7 Å². The Balaban J connectivity index is 1.86. The molecule has 0 aromatic rings. The van der Waals surface area contributed by atoms with Crippen molar-refractivity contribution in [2.24, 2.45) is 5.92 Å². The number of carbonyl (C=O) groups excluding carboxylic acids is 1. The van der Waals surface area contributed by atoms with Crippen LogP contribution in [0.2, 0.25) is 0 Å². The van der Waals surface area contributed by atoms with Gasteiger partial charge in [-0.3, -0.25) is 0 Å². The summed E-state index contributed by atoms with van der Waals surface area (Å²) in [5, 5.41) is 20.5. The smallest absolute Gasteiger partial charge is 0.334 e. The van der Waals surface area contributed by atoms with Crippen molar-refractivity contribution < 1.29 is 24.5 Å². The molecule has 3 rings (SSSR count). The molecule has 2 saturated heterocycles. The lowest BCUT2D eigenvalue weighted by Gasteiger charge is -2.24. The van der Waals surface area contributed by atoms with Gasteiger partial charge in [-0.2, -0.15) is 0 Å². The number of hydrogen-bond donors (Lipinski definition) is 2. The first-order valence-electron chi connectivity index (χ1n) is 9.07. The van der Waals surface area contributed by atoms with E-state index in [9.17, 15) is 15.0 Å². The van der Waals surface area contributed by atoms with Gasteiger partial charge in [-0.1, -0.05) is 24.3 Å². The minimum Gasteiger partial charge on any atom is -0.455 e. The lowest BCUT2D eigenvalue weighted by Crippen LogP contribution is -2.34. The lowest BCUT2D eigenvalue weighted by atomic mass is 9.84. The molecular weight excluding hydrogens is 320 g/mol. The fourth-order valence-electron chi connectivity index (χ4n) is 3.95. The first kappa shape index (κ1) is 18.4. The van der Waals surface area contributed by atoms with Crippen LogP contribution in [0, 0.1) is 5.92 Å². The van der Waals surface area contributed by atoms with E-state index in [-0.39, 0.29) is 18.6 Å². The molecular formula is C20H28O5. The molecule has 5 nitrogen and oxygen atoms in total. The van der Waals surface area contributed by atoms with Gasteiger partial charge in [0.1, 0.15) is 17.8 Å². The standard InChI is InChI=1S/C20H28O5/c1-12-6-4-8-13(2)17(22)18-15(14(3)19(23)24-18)10-16-20(11-21,25-16)9-5-7-12/h7-8,15-18,21-22H,3-6,9-11H2,1-2H3/b12-7+,13-8+/t15-,16+,17+,18-,20+/m1/s1. The number of aliphatic hydroxyl groups is 2. The van der Waals surface area contributed by atoms with Gasteiger partial charge in [0.15, 0.2) is 0 Å². The molecule has 2 heterocycles. The number of esters is 1. The second kappa shape index (κ2) is 7.06. The third kappa shape index (κ3) is 3.59. The van der Waals surface area contributed by atoms with Gasteiger partial charge in [0, 0.05) is 11.5 Å². The summed E-state index contributed by atoms with van der Waals surface area (Å²) in [7, 11) is 0. The quantitative estimate of drug-likeness (QED) is 0.329. The lowest BCUT2D eigenvalue weighted by molar-refractivity contribution is -0.142. The average molecular weight is 348 g/mol. The van der Waals surface area contributed by atoms with Gasteiger partial charge in [-0.15, -0.1) is 0 Å². The maximum atomic E-state index is 12.0. The van der Waals surface area contributed by atoms with Crippen molar-refractivity contribution >= 4 is 5.97 Å². The molecule has 1 aliphatic carbocycles. The molecule has 0 unspecified atom stereocenters. The molecule has 5 heteroatoms. The SMILES string of the molecule is C=C1C(=O)O[C@@H]2[C@@H]1C[C@@H]1O[C@]1(CO)CC/C=C(\C)CC/C=C(\C)[C@@H]2O. The normalized spacial score (nSPS) is 43.7. The Labute approximate surface area is 149 Å². The van der Waals surface area contributed by atoms with E-state index in [2.05, 4.69) is 19.6 Å². The van der Waals surface area contributed by atoms with Gasteiger partial charge in [-0.05, 0) is 51.5 Å². The van der Waals surface area contributed by atoms with Crippen LogP contribution < -0.4 is 0 Å². The summed E-state index contributed by atoms with van der Waals surface area (Å²) < 4.78 is 11.3. The highest BCUT2D eigenvalue weighted by Crippen LogP contribution is 2.47. The Morgan fingerprint density at radius 3 is 2.80 bits per heavy atom. The molecule has 0 bridgehead atoms. The summed E-state index contributed by atoms with van der Waals surface area (Å²) in [6.07, 6.45) is 6.51. The summed E-state index contributed by atoms with van der Waals surface area (Å²) in [5.41, 5.74) is 1.96. The van der Waals surface area contributed by atoms with Crippen molar-refractivity contribution in [3.63, 3.8) is 0 Å². The van der Waals surface area contributed by atoms with Gasteiger partial charge in [0.25, 0.3) is 0 Å². The Bertz CT molecular complexity index is 620. The number of allylic oxidation sites excluding steroid dienone is 3. The first-order chi connectivity index (χ1) is 11.9. The van der Waals surface area contributed by atoms with Crippen molar-refractivity contribution in [1.29, 1.82) is 0 Å². The van der Waals surface area contributed by atoms with Gasteiger partial charge >= 0.3 is 5.97 Å². The zero-order valence-electron chi connectivity index (χ0n) is 15.0. The van der Waals surface area contributed by atoms with Gasteiger partial charge in [0.05, 0.1) is 12.7 Å². The third-order valence-electron chi connectivity index (χ3n) is 5.83. The predicted molar refractivity (Wildman–Crippen MR) is 93.8 cm³/mol. The minimum absolute atomic E-state index is 0.0370. The second-order valence-electron chi connectivity index (χ2n) is 7.59. The number of fused-ring (bicyclic) bond motifs is 2. The summed E-state index contributed by atoms with van der Waals surface area (Å²) in [5.74, 6) is -0.733. The number of carbonyl (C=O) groups is 1. The van der Waals surface area contributed by atoms with Crippen LogP contribution in [0.1, 0.15) is 46.0 Å². The summed E-state index contributed by atoms with van der Waals surface area (Å²) >= 11 is 0. The number of hydrogen-bond acceptors (Lipinski definition) is 5. The molecule has 0 saturated carbocycles. The number of epoxide rings is 1. The van der Waals surface area contributed by atoms with Crippen LogP contribution in [0.4, 0.5) is 0 Å². The van der Waals surface area contributed by atoms with E-state index in [0.717, 1.165) is 31.3 Å². The summed E-state index contributed by atoms with van der Waals surface area (Å²) in [6.45, 7) is 7.79. The molecule has 2 fully saturated rings. The molecule has 0 radical (unpaired) electrons. The fraction of sp³-hybridized carbons (Fsp3) is 0.650. The molecule has 2 aliphatic heterocycles. The van der Waals surface area contributed by atoms with E-state index in [1.54, 1.807) is 0 Å². The monoisotopic (exact) mass is 348 g/mol. The van der Waals surface area contributed by atoms with Crippen molar-refractivity contribution in [2.75, 3.05) is 6.61 Å². The summed E-state index contributed by atoms with van der Waals surface area (Å²) in [4.78, 5) is 12.0. The van der Waals surface area contributed by atoms with Crippen LogP contribution in [-0.2, 0) is 14.3 Å². The molecule has 0 spiro atoms. The number of rotatable bonds is 1. The minimum atomic E-state index is -0.845. The highest BCUT2D eigenvalue weighted by molar-refractivity contribution is 5.91. The second-order valence-corrected chi connectivity index (χ2v) is 7.59.